The van der Waals surface area contributed by atoms with Crippen molar-refractivity contribution in [2.75, 3.05) is 13.2 Å². The van der Waals surface area contributed by atoms with Crippen LogP contribution in [-0.2, 0) is 16.1 Å². The number of hydrogen-bond acceptors (Lipinski definition) is 4. The van der Waals surface area contributed by atoms with Crippen molar-refractivity contribution in [2.45, 2.75) is 25.6 Å². The van der Waals surface area contributed by atoms with Crippen molar-refractivity contribution in [1.82, 2.24) is 10.6 Å². The molecule has 1 aromatic heterocycles. The first-order valence-electron chi connectivity index (χ1n) is 5.54. The molecule has 1 aliphatic heterocycles. The number of carbonyl (C=O) groups excluding carboxylic acids is 1. The summed E-state index contributed by atoms with van der Waals surface area (Å²) >= 11 is 7.30. The van der Waals surface area contributed by atoms with Crippen LogP contribution in [0.1, 0.15) is 11.8 Å². The largest absolute Gasteiger partial charge is 0.375 e. The summed E-state index contributed by atoms with van der Waals surface area (Å²) in [5.74, 6) is -0.0262. The van der Waals surface area contributed by atoms with Crippen molar-refractivity contribution < 1.29 is 9.53 Å². The molecule has 0 bridgehead atoms. The average molecular weight is 311 g/mol. The summed E-state index contributed by atoms with van der Waals surface area (Å²) in [6, 6.07) is 3.49. The van der Waals surface area contributed by atoms with Crippen LogP contribution in [0.5, 0.6) is 0 Å². The quantitative estimate of drug-likeness (QED) is 0.895. The second kappa shape index (κ2) is 7.31. The van der Waals surface area contributed by atoms with E-state index in [0.29, 0.717) is 19.7 Å². The summed E-state index contributed by atoms with van der Waals surface area (Å²) in [7, 11) is 0. The van der Waals surface area contributed by atoms with E-state index in [1.54, 1.807) is 0 Å². The van der Waals surface area contributed by atoms with Gasteiger partial charge < -0.3 is 15.4 Å². The number of ether oxygens (including phenoxy) is 1. The molecule has 0 aliphatic carbocycles. The minimum absolute atomic E-state index is 0. The van der Waals surface area contributed by atoms with Crippen LogP contribution in [0.3, 0.4) is 0 Å². The van der Waals surface area contributed by atoms with E-state index in [0.717, 1.165) is 9.21 Å². The molecule has 1 saturated heterocycles. The van der Waals surface area contributed by atoms with Crippen LogP contribution in [0, 0.1) is 0 Å². The maximum absolute atomic E-state index is 11.9. The van der Waals surface area contributed by atoms with Gasteiger partial charge in [0.25, 0.3) is 0 Å². The van der Waals surface area contributed by atoms with Gasteiger partial charge in [0.2, 0.25) is 5.91 Å². The van der Waals surface area contributed by atoms with E-state index >= 15 is 0 Å². The highest BCUT2D eigenvalue weighted by Crippen LogP contribution is 2.21. The van der Waals surface area contributed by atoms with Gasteiger partial charge in [0.1, 0.15) is 6.04 Å². The van der Waals surface area contributed by atoms with Gasteiger partial charge in [0.15, 0.2) is 0 Å². The maximum atomic E-state index is 11.9. The highest BCUT2D eigenvalue weighted by molar-refractivity contribution is 7.16. The first-order chi connectivity index (χ1) is 8.16. The van der Waals surface area contributed by atoms with Gasteiger partial charge in [-0.1, -0.05) is 11.6 Å². The molecule has 2 heterocycles. The molecule has 7 heteroatoms. The molecule has 1 fully saturated rings. The van der Waals surface area contributed by atoms with Crippen LogP contribution < -0.4 is 10.6 Å². The Morgan fingerprint density at radius 1 is 1.67 bits per heavy atom. The first-order valence-corrected chi connectivity index (χ1v) is 6.73. The summed E-state index contributed by atoms with van der Waals surface area (Å²) in [5, 5.41) is 6.03. The Hall–Kier alpha value is -0.330. The number of carbonyl (C=O) groups is 1. The van der Waals surface area contributed by atoms with Gasteiger partial charge in [-0.15, -0.1) is 23.7 Å². The molecule has 1 aliphatic rings. The highest BCUT2D eigenvalue weighted by atomic mass is 35.5. The smallest absolute Gasteiger partial charge is 0.240 e. The fraction of sp³-hybridized carbons (Fsp3) is 0.545. The van der Waals surface area contributed by atoms with Gasteiger partial charge in [-0.05, 0) is 19.1 Å². The number of morpholine rings is 1. The summed E-state index contributed by atoms with van der Waals surface area (Å²) in [6.07, 6.45) is -0.0873. The molecule has 18 heavy (non-hydrogen) atoms. The van der Waals surface area contributed by atoms with Crippen molar-refractivity contribution in [1.29, 1.82) is 0 Å². The molecular formula is C11H16Cl2N2O2S. The zero-order valence-corrected chi connectivity index (χ0v) is 12.3. The average Bonchev–Trinajstić information content (AvgIpc) is 2.73. The Morgan fingerprint density at radius 3 is 3.06 bits per heavy atom. The second-order valence-corrected chi connectivity index (χ2v) is 5.73. The third kappa shape index (κ3) is 4.10. The molecular weight excluding hydrogens is 295 g/mol. The van der Waals surface area contributed by atoms with E-state index in [4.69, 9.17) is 16.3 Å². The molecule has 0 spiro atoms. The molecule has 2 rings (SSSR count). The maximum Gasteiger partial charge on any atom is 0.240 e. The molecule has 1 aromatic rings. The number of rotatable bonds is 3. The zero-order chi connectivity index (χ0) is 12.3. The molecule has 0 radical (unpaired) electrons. The molecule has 0 aromatic carbocycles. The van der Waals surface area contributed by atoms with Gasteiger partial charge in [-0.3, -0.25) is 4.79 Å². The lowest BCUT2D eigenvalue weighted by molar-refractivity contribution is -0.129. The van der Waals surface area contributed by atoms with E-state index in [-0.39, 0.29) is 30.5 Å². The third-order valence-electron chi connectivity index (χ3n) is 2.66. The molecule has 2 N–H and O–H groups in total. The summed E-state index contributed by atoms with van der Waals surface area (Å²) in [5.41, 5.74) is 0. The van der Waals surface area contributed by atoms with Crippen molar-refractivity contribution >= 4 is 41.3 Å². The van der Waals surface area contributed by atoms with Crippen molar-refractivity contribution in [3.05, 3.63) is 21.3 Å². The van der Waals surface area contributed by atoms with E-state index in [1.807, 2.05) is 19.1 Å². The summed E-state index contributed by atoms with van der Waals surface area (Å²) in [6.45, 7) is 3.79. The van der Waals surface area contributed by atoms with E-state index in [9.17, 15) is 4.79 Å². The lowest BCUT2D eigenvalue weighted by Crippen LogP contribution is -2.55. The zero-order valence-electron chi connectivity index (χ0n) is 9.94. The van der Waals surface area contributed by atoms with Crippen molar-refractivity contribution in [2.24, 2.45) is 0 Å². The number of hydrogen-bond donors (Lipinski definition) is 2. The Kier molecular flexibility index (Phi) is 6.38. The van der Waals surface area contributed by atoms with Gasteiger partial charge in [0, 0.05) is 11.4 Å². The monoisotopic (exact) mass is 310 g/mol. The summed E-state index contributed by atoms with van der Waals surface area (Å²) in [4.78, 5) is 13.0. The van der Waals surface area contributed by atoms with Gasteiger partial charge in [-0.25, -0.2) is 0 Å². The lowest BCUT2D eigenvalue weighted by Gasteiger charge is -2.29. The Labute approximate surface area is 121 Å². The normalized spacial score (nSPS) is 23.2. The Balaban J connectivity index is 0.00000162. The minimum Gasteiger partial charge on any atom is -0.375 e. The highest BCUT2D eigenvalue weighted by Gasteiger charge is 2.27. The molecule has 1 amide bonds. The minimum atomic E-state index is -0.265. The second-order valence-electron chi connectivity index (χ2n) is 3.93. The fourth-order valence-corrected chi connectivity index (χ4v) is 2.79. The van der Waals surface area contributed by atoms with Gasteiger partial charge in [-0.2, -0.15) is 0 Å². The van der Waals surface area contributed by atoms with Crippen LogP contribution in [0.2, 0.25) is 4.34 Å². The topological polar surface area (TPSA) is 50.4 Å². The Bertz CT molecular complexity index is 400. The predicted octanol–water partition coefficient (Wildman–Crippen LogP) is 1.82. The van der Waals surface area contributed by atoms with Crippen LogP contribution in [0.15, 0.2) is 12.1 Å². The summed E-state index contributed by atoms with van der Waals surface area (Å²) < 4.78 is 6.16. The first kappa shape index (κ1) is 15.7. The van der Waals surface area contributed by atoms with Gasteiger partial charge >= 0.3 is 0 Å². The lowest BCUT2D eigenvalue weighted by atomic mass is 10.1. The van der Waals surface area contributed by atoms with E-state index < -0.39 is 0 Å². The molecule has 2 atom stereocenters. The van der Waals surface area contributed by atoms with Crippen LogP contribution >= 0.6 is 35.3 Å². The van der Waals surface area contributed by atoms with Crippen molar-refractivity contribution in [3.8, 4) is 0 Å². The number of nitrogens with one attached hydrogen (secondary N) is 2. The predicted molar refractivity (Wildman–Crippen MR) is 75.6 cm³/mol. The molecule has 0 unspecified atom stereocenters. The number of halogens is 2. The molecule has 0 saturated carbocycles. The van der Waals surface area contributed by atoms with Crippen LogP contribution in [0.4, 0.5) is 0 Å². The standard InChI is InChI=1S/C11H15ClN2O2S.ClH/c1-7-10(13-4-5-16-7)11(15)14-6-8-2-3-9(12)17-8;/h2-3,7,10,13H,4-6H2,1H3,(H,14,15);1H/t7-,10+;/m1./s1. The van der Waals surface area contributed by atoms with E-state index in [1.165, 1.54) is 11.3 Å². The van der Waals surface area contributed by atoms with Crippen molar-refractivity contribution in [3.63, 3.8) is 0 Å². The van der Waals surface area contributed by atoms with Crippen LogP contribution in [0.25, 0.3) is 0 Å². The van der Waals surface area contributed by atoms with E-state index in [2.05, 4.69) is 10.6 Å². The fourth-order valence-electron chi connectivity index (χ4n) is 1.76. The van der Waals surface area contributed by atoms with Gasteiger partial charge in [0.05, 0.1) is 23.6 Å². The van der Waals surface area contributed by atoms with Crippen LogP contribution in [-0.4, -0.2) is 31.2 Å². The molecule has 4 nitrogen and oxygen atoms in total. The third-order valence-corrected chi connectivity index (χ3v) is 3.90. The SMILES string of the molecule is C[C@H]1OCCN[C@@H]1C(=O)NCc1ccc(Cl)s1.Cl. The number of thiophene rings is 1. The molecule has 102 valence electrons. The Morgan fingerprint density at radius 2 is 2.44 bits per heavy atom. The number of amides is 1.